The molecule has 1 N–H and O–H groups in total. The van der Waals surface area contributed by atoms with Crippen LogP contribution in [0.4, 0.5) is 4.79 Å². The van der Waals surface area contributed by atoms with Crippen molar-refractivity contribution in [3.63, 3.8) is 0 Å². The molecule has 1 heterocycles. The minimum atomic E-state index is -0.402. The predicted molar refractivity (Wildman–Crippen MR) is 67.1 cm³/mol. The molecule has 96 valence electrons. The van der Waals surface area contributed by atoms with E-state index in [0.29, 0.717) is 28.9 Å². The van der Waals surface area contributed by atoms with Gasteiger partial charge in [0.05, 0.1) is 0 Å². The van der Waals surface area contributed by atoms with Crippen molar-refractivity contribution in [1.82, 2.24) is 10.2 Å². The number of ether oxygens (including phenoxy) is 1. The first-order valence-electron chi connectivity index (χ1n) is 5.23. The second-order valence-electron chi connectivity index (χ2n) is 3.67. The molecular formula is C11H10Cl2N2O3. The van der Waals surface area contributed by atoms with Crippen LogP contribution < -0.4 is 10.1 Å². The maximum Gasteiger partial charge on any atom is 0.324 e. The van der Waals surface area contributed by atoms with Crippen molar-refractivity contribution >= 4 is 35.1 Å². The van der Waals surface area contributed by atoms with Crippen molar-refractivity contribution < 1.29 is 14.3 Å². The minimum Gasteiger partial charge on any atom is -0.484 e. The Kier molecular flexibility index (Phi) is 3.93. The van der Waals surface area contributed by atoms with Gasteiger partial charge in [-0.25, -0.2) is 4.79 Å². The molecule has 2 rings (SSSR count). The lowest BCUT2D eigenvalue weighted by Gasteiger charge is -2.13. The molecule has 1 aromatic rings. The highest BCUT2D eigenvalue weighted by atomic mass is 35.5. The van der Waals surface area contributed by atoms with Crippen molar-refractivity contribution in [2.75, 3.05) is 19.7 Å². The third kappa shape index (κ3) is 3.05. The van der Waals surface area contributed by atoms with Gasteiger partial charge in [0.25, 0.3) is 5.91 Å². The van der Waals surface area contributed by atoms with E-state index in [1.165, 1.54) is 0 Å². The van der Waals surface area contributed by atoms with Crippen LogP contribution in [0.1, 0.15) is 0 Å². The highest BCUT2D eigenvalue weighted by molar-refractivity contribution is 6.34. The van der Waals surface area contributed by atoms with Crippen molar-refractivity contribution in [2.24, 2.45) is 0 Å². The number of amides is 3. The number of hydrogen-bond acceptors (Lipinski definition) is 3. The van der Waals surface area contributed by atoms with Crippen LogP contribution in [0.15, 0.2) is 18.2 Å². The zero-order chi connectivity index (χ0) is 13.1. The Labute approximate surface area is 114 Å². The summed E-state index contributed by atoms with van der Waals surface area (Å²) in [6.45, 7) is 0.592. The van der Waals surface area contributed by atoms with E-state index in [9.17, 15) is 9.59 Å². The zero-order valence-corrected chi connectivity index (χ0v) is 10.8. The zero-order valence-electron chi connectivity index (χ0n) is 9.28. The second kappa shape index (κ2) is 5.46. The molecular weight excluding hydrogens is 279 g/mol. The molecule has 3 amide bonds. The highest BCUT2D eigenvalue weighted by Crippen LogP contribution is 2.24. The van der Waals surface area contributed by atoms with E-state index in [4.69, 9.17) is 27.9 Å². The number of carbonyl (C=O) groups is 2. The maximum absolute atomic E-state index is 11.7. The maximum atomic E-state index is 11.7. The van der Waals surface area contributed by atoms with E-state index in [0.717, 1.165) is 4.90 Å². The van der Waals surface area contributed by atoms with Crippen LogP contribution in [-0.2, 0) is 4.79 Å². The summed E-state index contributed by atoms with van der Waals surface area (Å²) in [6.07, 6.45) is 0. The average molecular weight is 289 g/mol. The minimum absolute atomic E-state index is 0.232. The Morgan fingerprint density at radius 3 is 2.56 bits per heavy atom. The Balaban J connectivity index is 1.95. The number of imide groups is 1. The summed E-state index contributed by atoms with van der Waals surface area (Å²) in [4.78, 5) is 24.0. The average Bonchev–Trinajstić information content (AvgIpc) is 2.71. The molecule has 0 unspecified atom stereocenters. The Hall–Kier alpha value is -1.46. The Morgan fingerprint density at radius 1 is 1.33 bits per heavy atom. The van der Waals surface area contributed by atoms with Gasteiger partial charge in [0.1, 0.15) is 5.75 Å². The van der Waals surface area contributed by atoms with Gasteiger partial charge in [0.2, 0.25) is 0 Å². The summed E-state index contributed by atoms with van der Waals surface area (Å²) in [5, 5.41) is 3.38. The fourth-order valence-corrected chi connectivity index (χ4v) is 2.05. The molecule has 18 heavy (non-hydrogen) atoms. The smallest absolute Gasteiger partial charge is 0.324 e. The Bertz CT molecular complexity index is 473. The lowest BCUT2D eigenvalue weighted by atomic mass is 10.3. The summed E-state index contributed by atoms with van der Waals surface area (Å²) < 4.78 is 5.25. The van der Waals surface area contributed by atoms with Crippen LogP contribution in [0.25, 0.3) is 0 Å². The molecule has 0 saturated carbocycles. The first-order valence-corrected chi connectivity index (χ1v) is 5.99. The topological polar surface area (TPSA) is 58.6 Å². The number of urea groups is 1. The van der Waals surface area contributed by atoms with Crippen LogP contribution in [0.5, 0.6) is 5.75 Å². The molecule has 0 aromatic heterocycles. The number of nitrogens with one attached hydrogen (secondary N) is 1. The van der Waals surface area contributed by atoms with E-state index in [-0.39, 0.29) is 6.61 Å². The fraction of sp³-hybridized carbons (Fsp3) is 0.273. The van der Waals surface area contributed by atoms with Gasteiger partial charge in [0.15, 0.2) is 6.61 Å². The van der Waals surface area contributed by atoms with Gasteiger partial charge in [0, 0.05) is 23.1 Å². The molecule has 0 atom stereocenters. The van der Waals surface area contributed by atoms with Gasteiger partial charge in [-0.2, -0.15) is 0 Å². The van der Waals surface area contributed by atoms with Crippen molar-refractivity contribution in [1.29, 1.82) is 0 Å². The number of hydrogen-bond donors (Lipinski definition) is 1. The normalized spacial score (nSPS) is 14.6. The van der Waals surface area contributed by atoms with Crippen LogP contribution >= 0.6 is 23.2 Å². The SMILES string of the molecule is O=C(COc1cc(Cl)cc(Cl)c1)N1CCNC1=O. The molecule has 1 aliphatic heterocycles. The van der Waals surface area contributed by atoms with E-state index in [1.807, 2.05) is 0 Å². The van der Waals surface area contributed by atoms with Crippen LogP contribution in [0, 0.1) is 0 Å². The molecule has 7 heteroatoms. The van der Waals surface area contributed by atoms with Gasteiger partial charge >= 0.3 is 6.03 Å². The second-order valence-corrected chi connectivity index (χ2v) is 4.54. The molecule has 5 nitrogen and oxygen atoms in total. The van der Waals surface area contributed by atoms with Gasteiger partial charge < -0.3 is 10.1 Å². The largest absolute Gasteiger partial charge is 0.484 e. The van der Waals surface area contributed by atoms with E-state index in [1.54, 1.807) is 18.2 Å². The molecule has 0 radical (unpaired) electrons. The van der Waals surface area contributed by atoms with Crippen LogP contribution in [0.2, 0.25) is 10.0 Å². The standard InChI is InChI=1S/C11H10Cl2N2O3/c12-7-3-8(13)5-9(4-7)18-6-10(16)15-2-1-14-11(15)17/h3-5H,1-2,6H2,(H,14,17). The van der Waals surface area contributed by atoms with Crippen molar-refractivity contribution in [3.05, 3.63) is 28.2 Å². The fourth-order valence-electron chi connectivity index (χ4n) is 1.54. The predicted octanol–water partition coefficient (Wildman–Crippen LogP) is 1.92. The first kappa shape index (κ1) is 13.0. The van der Waals surface area contributed by atoms with Gasteiger partial charge in [-0.3, -0.25) is 9.69 Å². The summed E-state index contributed by atoms with van der Waals surface area (Å²) in [7, 11) is 0. The quantitative estimate of drug-likeness (QED) is 0.925. The molecule has 0 aliphatic carbocycles. The number of halogens is 2. The first-order chi connectivity index (χ1) is 8.56. The summed E-state index contributed by atoms with van der Waals surface area (Å²) in [5.41, 5.74) is 0. The molecule has 1 fully saturated rings. The molecule has 1 saturated heterocycles. The third-order valence-corrected chi connectivity index (χ3v) is 2.79. The Morgan fingerprint density at radius 2 is 2.00 bits per heavy atom. The third-order valence-electron chi connectivity index (χ3n) is 2.36. The van der Waals surface area contributed by atoms with Crippen LogP contribution in [0.3, 0.4) is 0 Å². The van der Waals surface area contributed by atoms with Crippen LogP contribution in [-0.4, -0.2) is 36.5 Å². The number of nitrogens with zero attached hydrogens (tertiary/aromatic N) is 1. The van der Waals surface area contributed by atoms with Crippen molar-refractivity contribution in [3.8, 4) is 5.75 Å². The van der Waals surface area contributed by atoms with Crippen molar-refractivity contribution in [2.45, 2.75) is 0 Å². The molecule has 1 aliphatic rings. The monoisotopic (exact) mass is 288 g/mol. The molecule has 1 aromatic carbocycles. The van der Waals surface area contributed by atoms with Gasteiger partial charge in [-0.15, -0.1) is 0 Å². The molecule has 0 bridgehead atoms. The highest BCUT2D eigenvalue weighted by Gasteiger charge is 2.26. The number of carbonyl (C=O) groups excluding carboxylic acids is 2. The summed E-state index contributed by atoms with van der Waals surface area (Å²) in [5.74, 6) is -0.0125. The van der Waals surface area contributed by atoms with E-state index < -0.39 is 11.9 Å². The lowest BCUT2D eigenvalue weighted by Crippen LogP contribution is -2.37. The molecule has 0 spiro atoms. The van der Waals surface area contributed by atoms with E-state index in [2.05, 4.69) is 5.32 Å². The summed E-state index contributed by atoms with van der Waals surface area (Å²) in [6, 6.07) is 4.26. The number of benzene rings is 1. The van der Waals surface area contributed by atoms with Gasteiger partial charge in [-0.1, -0.05) is 23.2 Å². The van der Waals surface area contributed by atoms with E-state index >= 15 is 0 Å². The van der Waals surface area contributed by atoms with Gasteiger partial charge in [-0.05, 0) is 18.2 Å². The lowest BCUT2D eigenvalue weighted by molar-refractivity contribution is -0.129. The number of rotatable bonds is 3. The summed E-state index contributed by atoms with van der Waals surface area (Å²) >= 11 is 11.6.